The van der Waals surface area contributed by atoms with Crippen LogP contribution in [0.15, 0.2) is 36.0 Å². The van der Waals surface area contributed by atoms with Crippen LogP contribution in [0, 0.1) is 5.92 Å². The fourth-order valence-electron chi connectivity index (χ4n) is 3.62. The fourth-order valence-corrected chi connectivity index (χ4v) is 3.62. The molecule has 0 aromatic heterocycles. The summed E-state index contributed by atoms with van der Waals surface area (Å²) in [5, 5.41) is 0. The summed E-state index contributed by atoms with van der Waals surface area (Å²) in [6.45, 7) is 4.82. The van der Waals surface area contributed by atoms with Gasteiger partial charge in [0.05, 0.1) is 26.9 Å². The van der Waals surface area contributed by atoms with Gasteiger partial charge in [0.15, 0.2) is 5.78 Å². The third-order valence-corrected chi connectivity index (χ3v) is 4.93. The van der Waals surface area contributed by atoms with Gasteiger partial charge in [-0.15, -0.1) is 0 Å². The first-order chi connectivity index (χ1) is 12.6. The number of carbonyl (C=O) groups is 2. The molecule has 6 heteroatoms. The van der Waals surface area contributed by atoms with Crippen LogP contribution in [0.1, 0.15) is 24.8 Å². The molecule has 0 amide bonds. The maximum atomic E-state index is 12.8. The molecule has 1 saturated heterocycles. The van der Waals surface area contributed by atoms with Crippen LogP contribution in [0.2, 0.25) is 0 Å². The number of carbonyl (C=O) groups excluding carboxylic acids is 2. The van der Waals surface area contributed by atoms with E-state index in [0.717, 1.165) is 24.4 Å². The highest BCUT2D eigenvalue weighted by atomic mass is 16.5. The smallest absolute Gasteiger partial charge is 0.317 e. The Morgan fingerprint density at radius 3 is 2.77 bits per heavy atom. The Bertz CT molecular complexity index is 693. The minimum Gasteiger partial charge on any atom is -0.497 e. The molecular formula is C20H25NO5. The van der Waals surface area contributed by atoms with Crippen molar-refractivity contribution in [1.82, 2.24) is 4.90 Å². The van der Waals surface area contributed by atoms with Gasteiger partial charge in [-0.2, -0.15) is 0 Å². The minimum atomic E-state index is -0.813. The molecule has 0 saturated carbocycles. The quantitative estimate of drug-likeness (QED) is 0.593. The van der Waals surface area contributed by atoms with Crippen LogP contribution in [0.25, 0.3) is 0 Å². The summed E-state index contributed by atoms with van der Waals surface area (Å²) in [4.78, 5) is 27.5. The van der Waals surface area contributed by atoms with Gasteiger partial charge >= 0.3 is 5.97 Å². The van der Waals surface area contributed by atoms with Crippen molar-refractivity contribution in [1.29, 1.82) is 0 Å². The predicted octanol–water partition coefficient (Wildman–Crippen LogP) is 2.15. The molecule has 3 rings (SSSR count). The SMILES string of the molecule is CCOC(=O)[C@H]1C(=O)C=C(N2CCOCC2)C[C@H]1c1cccc(OC)c1. The number of benzene rings is 1. The number of allylic oxidation sites excluding steroid dienone is 2. The number of morpholine rings is 1. The van der Waals surface area contributed by atoms with Crippen molar-refractivity contribution >= 4 is 11.8 Å². The highest BCUT2D eigenvalue weighted by Gasteiger charge is 2.40. The number of hydrogen-bond acceptors (Lipinski definition) is 6. The zero-order valence-corrected chi connectivity index (χ0v) is 15.3. The molecule has 1 aliphatic heterocycles. The number of hydrogen-bond donors (Lipinski definition) is 0. The number of rotatable bonds is 5. The van der Waals surface area contributed by atoms with Crippen molar-refractivity contribution in [2.45, 2.75) is 19.3 Å². The van der Waals surface area contributed by atoms with Crippen LogP contribution in [-0.4, -0.2) is 56.7 Å². The number of nitrogens with zero attached hydrogens (tertiary/aromatic N) is 1. The second-order valence-corrected chi connectivity index (χ2v) is 6.45. The molecule has 1 aromatic carbocycles. The summed E-state index contributed by atoms with van der Waals surface area (Å²) in [6.07, 6.45) is 2.23. The summed E-state index contributed by atoms with van der Waals surface area (Å²) in [7, 11) is 1.60. The summed E-state index contributed by atoms with van der Waals surface area (Å²) in [5.41, 5.74) is 1.88. The third kappa shape index (κ3) is 3.90. The lowest BCUT2D eigenvalue weighted by atomic mass is 9.76. The average molecular weight is 359 g/mol. The highest BCUT2D eigenvalue weighted by Crippen LogP contribution is 2.39. The van der Waals surface area contributed by atoms with E-state index in [0.29, 0.717) is 25.4 Å². The predicted molar refractivity (Wildman–Crippen MR) is 96.0 cm³/mol. The van der Waals surface area contributed by atoms with Crippen molar-refractivity contribution in [2.75, 3.05) is 40.0 Å². The normalized spacial score (nSPS) is 23.4. The molecule has 6 nitrogen and oxygen atoms in total. The summed E-state index contributed by atoms with van der Waals surface area (Å²) in [5.74, 6) is -1.02. The zero-order valence-electron chi connectivity index (χ0n) is 15.3. The lowest BCUT2D eigenvalue weighted by molar-refractivity contribution is -0.152. The Balaban J connectivity index is 1.94. The van der Waals surface area contributed by atoms with E-state index in [1.54, 1.807) is 20.1 Å². The number of methoxy groups -OCH3 is 1. The second kappa shape index (κ2) is 8.36. The van der Waals surface area contributed by atoms with E-state index in [4.69, 9.17) is 14.2 Å². The van der Waals surface area contributed by atoms with Crippen molar-refractivity contribution in [3.8, 4) is 5.75 Å². The largest absolute Gasteiger partial charge is 0.497 e. The first-order valence-electron chi connectivity index (χ1n) is 9.01. The van der Waals surface area contributed by atoms with Crippen LogP contribution in [0.4, 0.5) is 0 Å². The molecule has 0 bridgehead atoms. The van der Waals surface area contributed by atoms with Gasteiger partial charge in [0, 0.05) is 30.8 Å². The third-order valence-electron chi connectivity index (χ3n) is 4.93. The molecule has 2 aliphatic rings. The second-order valence-electron chi connectivity index (χ2n) is 6.45. The van der Waals surface area contributed by atoms with Crippen molar-refractivity contribution in [3.63, 3.8) is 0 Å². The van der Waals surface area contributed by atoms with Gasteiger partial charge in [-0.1, -0.05) is 12.1 Å². The molecule has 140 valence electrons. The zero-order chi connectivity index (χ0) is 18.5. The lowest BCUT2D eigenvalue weighted by Gasteiger charge is -2.37. The summed E-state index contributed by atoms with van der Waals surface area (Å²) >= 11 is 0. The van der Waals surface area contributed by atoms with Crippen molar-refractivity contribution < 1.29 is 23.8 Å². The van der Waals surface area contributed by atoms with Crippen LogP contribution < -0.4 is 4.74 Å². The first-order valence-corrected chi connectivity index (χ1v) is 9.01. The minimum absolute atomic E-state index is 0.191. The maximum absolute atomic E-state index is 12.8. The highest BCUT2D eigenvalue weighted by molar-refractivity contribution is 6.07. The van der Waals surface area contributed by atoms with Crippen molar-refractivity contribution in [2.24, 2.45) is 5.92 Å². The van der Waals surface area contributed by atoms with E-state index in [1.165, 1.54) is 0 Å². The molecule has 0 radical (unpaired) electrons. The van der Waals surface area contributed by atoms with E-state index in [9.17, 15) is 9.59 Å². The van der Waals surface area contributed by atoms with Gasteiger partial charge in [0.25, 0.3) is 0 Å². The van der Waals surface area contributed by atoms with Gasteiger partial charge in [0.2, 0.25) is 0 Å². The van der Waals surface area contributed by atoms with Gasteiger partial charge in [-0.25, -0.2) is 0 Å². The molecule has 1 heterocycles. The van der Waals surface area contributed by atoms with Crippen LogP contribution in [0.3, 0.4) is 0 Å². The summed E-state index contributed by atoms with van der Waals surface area (Å²) in [6, 6.07) is 7.57. The lowest BCUT2D eigenvalue weighted by Crippen LogP contribution is -2.41. The molecule has 26 heavy (non-hydrogen) atoms. The Morgan fingerprint density at radius 1 is 1.31 bits per heavy atom. The van der Waals surface area contributed by atoms with Gasteiger partial charge in [0.1, 0.15) is 11.7 Å². The standard InChI is InChI=1S/C20H25NO5/c1-3-26-20(23)19-17(14-5-4-6-16(11-14)24-2)12-15(13-18(19)22)21-7-9-25-10-8-21/h4-6,11,13,17,19H,3,7-10,12H2,1-2H3/t17-,19+/m0/s1. The average Bonchev–Trinajstić information content (AvgIpc) is 2.68. The molecule has 0 unspecified atom stereocenters. The first kappa shape index (κ1) is 18.5. The Hall–Kier alpha value is -2.34. The van der Waals surface area contributed by atoms with Gasteiger partial charge < -0.3 is 19.1 Å². The Labute approximate surface area is 153 Å². The number of esters is 1. The molecular weight excluding hydrogens is 334 g/mol. The van der Waals surface area contributed by atoms with Crippen LogP contribution in [-0.2, 0) is 19.1 Å². The van der Waals surface area contributed by atoms with Gasteiger partial charge in [-0.05, 0) is 31.0 Å². The van der Waals surface area contributed by atoms with E-state index < -0.39 is 11.9 Å². The van der Waals surface area contributed by atoms with E-state index >= 15 is 0 Å². The monoisotopic (exact) mass is 359 g/mol. The Kier molecular flexibility index (Phi) is 5.93. The van der Waals surface area contributed by atoms with Crippen LogP contribution >= 0.6 is 0 Å². The van der Waals surface area contributed by atoms with E-state index in [2.05, 4.69) is 4.90 Å². The van der Waals surface area contributed by atoms with E-state index in [1.807, 2.05) is 24.3 Å². The fraction of sp³-hybridized carbons (Fsp3) is 0.500. The van der Waals surface area contributed by atoms with Crippen molar-refractivity contribution in [3.05, 3.63) is 41.6 Å². The van der Waals surface area contributed by atoms with E-state index in [-0.39, 0.29) is 18.3 Å². The molecule has 1 fully saturated rings. The molecule has 0 N–H and O–H groups in total. The molecule has 2 atom stereocenters. The number of ether oxygens (including phenoxy) is 3. The Morgan fingerprint density at radius 2 is 2.08 bits per heavy atom. The topological polar surface area (TPSA) is 65.1 Å². The number of ketones is 1. The van der Waals surface area contributed by atoms with Gasteiger partial charge in [-0.3, -0.25) is 9.59 Å². The molecule has 1 aliphatic carbocycles. The molecule has 0 spiro atoms. The molecule has 1 aromatic rings. The summed E-state index contributed by atoms with van der Waals surface area (Å²) < 4.78 is 15.9. The maximum Gasteiger partial charge on any atom is 0.317 e. The van der Waals surface area contributed by atoms with Crippen LogP contribution in [0.5, 0.6) is 5.75 Å².